The standard InChI is InChI=1S/C21H22N2O4/c1-15-21(19(24)10-11-23(15)12-13-26-2)27-14-20(25)22-18-9-5-7-16-6-3-4-8-17(16)18/h3-11H,12-14H2,1-2H3,(H,22,25). The zero-order valence-corrected chi connectivity index (χ0v) is 15.4. The van der Waals surface area contributed by atoms with Crippen LogP contribution in [0.25, 0.3) is 10.8 Å². The summed E-state index contributed by atoms with van der Waals surface area (Å²) in [5, 5.41) is 4.84. The topological polar surface area (TPSA) is 69.6 Å². The highest BCUT2D eigenvalue weighted by molar-refractivity contribution is 6.02. The van der Waals surface area contributed by atoms with E-state index in [-0.39, 0.29) is 23.7 Å². The molecule has 6 heteroatoms. The SMILES string of the molecule is COCCn1ccc(=O)c(OCC(=O)Nc2cccc3ccccc23)c1C. The summed E-state index contributed by atoms with van der Waals surface area (Å²) in [5.41, 5.74) is 1.13. The Balaban J connectivity index is 1.71. The lowest BCUT2D eigenvalue weighted by molar-refractivity contribution is -0.118. The fourth-order valence-electron chi connectivity index (χ4n) is 2.92. The molecule has 3 rings (SSSR count). The van der Waals surface area contributed by atoms with Gasteiger partial charge in [0.05, 0.1) is 12.3 Å². The number of carbonyl (C=O) groups is 1. The molecule has 0 aliphatic rings. The molecule has 0 radical (unpaired) electrons. The molecule has 0 saturated carbocycles. The number of benzene rings is 2. The maximum absolute atomic E-state index is 12.3. The van der Waals surface area contributed by atoms with Crippen molar-refractivity contribution >= 4 is 22.4 Å². The summed E-state index contributed by atoms with van der Waals surface area (Å²) in [7, 11) is 1.62. The molecule has 0 bridgehead atoms. The number of hydrogen-bond donors (Lipinski definition) is 1. The van der Waals surface area contributed by atoms with Crippen molar-refractivity contribution in [3.63, 3.8) is 0 Å². The third kappa shape index (κ3) is 4.35. The van der Waals surface area contributed by atoms with Gasteiger partial charge in [0, 0.05) is 37.0 Å². The van der Waals surface area contributed by atoms with E-state index in [2.05, 4.69) is 5.32 Å². The number of aromatic nitrogens is 1. The minimum atomic E-state index is -0.322. The van der Waals surface area contributed by atoms with Gasteiger partial charge in [0.1, 0.15) is 0 Å². The van der Waals surface area contributed by atoms with Crippen molar-refractivity contribution in [3.8, 4) is 5.75 Å². The molecule has 6 nitrogen and oxygen atoms in total. The minimum absolute atomic E-state index is 0.182. The molecule has 0 unspecified atom stereocenters. The highest BCUT2D eigenvalue weighted by Gasteiger charge is 2.12. The van der Waals surface area contributed by atoms with Gasteiger partial charge in [0.25, 0.3) is 5.91 Å². The van der Waals surface area contributed by atoms with Crippen molar-refractivity contribution in [2.45, 2.75) is 13.5 Å². The highest BCUT2D eigenvalue weighted by Crippen LogP contribution is 2.22. The zero-order chi connectivity index (χ0) is 19.2. The number of amides is 1. The van der Waals surface area contributed by atoms with Crippen LogP contribution in [0.15, 0.2) is 59.5 Å². The number of carbonyl (C=O) groups excluding carboxylic acids is 1. The normalized spacial score (nSPS) is 10.7. The minimum Gasteiger partial charge on any atom is -0.478 e. The Kier molecular flexibility index (Phi) is 5.88. The molecule has 140 valence electrons. The molecule has 3 aromatic rings. The number of hydrogen-bond acceptors (Lipinski definition) is 4. The lowest BCUT2D eigenvalue weighted by atomic mass is 10.1. The highest BCUT2D eigenvalue weighted by atomic mass is 16.5. The first-order valence-corrected chi connectivity index (χ1v) is 8.69. The molecule has 27 heavy (non-hydrogen) atoms. The van der Waals surface area contributed by atoms with E-state index >= 15 is 0 Å². The van der Waals surface area contributed by atoms with E-state index in [0.29, 0.717) is 24.5 Å². The fraction of sp³-hybridized carbons (Fsp3) is 0.238. The van der Waals surface area contributed by atoms with Gasteiger partial charge in [-0.15, -0.1) is 0 Å². The molecule has 2 aromatic carbocycles. The van der Waals surface area contributed by atoms with Gasteiger partial charge in [-0.1, -0.05) is 36.4 Å². The predicted molar refractivity (Wildman–Crippen MR) is 105 cm³/mol. The smallest absolute Gasteiger partial charge is 0.262 e. The number of fused-ring (bicyclic) bond motifs is 1. The van der Waals surface area contributed by atoms with E-state index in [1.54, 1.807) is 20.2 Å². The third-order valence-corrected chi connectivity index (χ3v) is 4.34. The van der Waals surface area contributed by atoms with Gasteiger partial charge in [-0.3, -0.25) is 9.59 Å². The van der Waals surface area contributed by atoms with Crippen LogP contribution in [0.3, 0.4) is 0 Å². The predicted octanol–water partition coefficient (Wildman–Crippen LogP) is 2.97. The molecule has 0 saturated heterocycles. The van der Waals surface area contributed by atoms with Crippen LogP contribution < -0.4 is 15.5 Å². The van der Waals surface area contributed by atoms with E-state index in [1.165, 1.54) is 6.07 Å². The van der Waals surface area contributed by atoms with Crippen LogP contribution >= 0.6 is 0 Å². The second-order valence-electron chi connectivity index (χ2n) is 6.14. The number of nitrogens with zero attached hydrogens (tertiary/aromatic N) is 1. The van der Waals surface area contributed by atoms with E-state index < -0.39 is 0 Å². The number of pyridine rings is 1. The number of rotatable bonds is 7. The summed E-state index contributed by atoms with van der Waals surface area (Å²) in [6, 6.07) is 14.9. The Morgan fingerprint density at radius 2 is 1.89 bits per heavy atom. The van der Waals surface area contributed by atoms with Gasteiger partial charge >= 0.3 is 0 Å². The van der Waals surface area contributed by atoms with Crippen LogP contribution in [-0.2, 0) is 16.1 Å². The van der Waals surface area contributed by atoms with E-state index in [9.17, 15) is 9.59 Å². The van der Waals surface area contributed by atoms with Gasteiger partial charge in [-0.25, -0.2) is 0 Å². The average molecular weight is 366 g/mol. The van der Waals surface area contributed by atoms with Crippen molar-refractivity contribution < 1.29 is 14.3 Å². The first kappa shape index (κ1) is 18.7. The lowest BCUT2D eigenvalue weighted by Gasteiger charge is -2.14. The maximum atomic E-state index is 12.3. The summed E-state index contributed by atoms with van der Waals surface area (Å²) in [5.74, 6) is -0.140. The first-order chi connectivity index (χ1) is 13.1. The van der Waals surface area contributed by atoms with Gasteiger partial charge in [0.2, 0.25) is 5.43 Å². The Morgan fingerprint density at radius 3 is 2.70 bits per heavy atom. The van der Waals surface area contributed by atoms with Crippen LogP contribution in [-0.4, -0.2) is 30.8 Å². The van der Waals surface area contributed by atoms with Gasteiger partial charge in [0.15, 0.2) is 12.4 Å². The molecule has 0 aliphatic heterocycles. The summed E-state index contributed by atoms with van der Waals surface area (Å²) < 4.78 is 12.5. The van der Waals surface area contributed by atoms with E-state index in [0.717, 1.165) is 10.8 Å². The summed E-state index contributed by atoms with van der Waals surface area (Å²) in [4.78, 5) is 24.5. The lowest BCUT2D eigenvalue weighted by Crippen LogP contribution is -2.24. The van der Waals surface area contributed by atoms with E-state index in [1.807, 2.05) is 47.0 Å². The van der Waals surface area contributed by atoms with Crippen LogP contribution in [0.5, 0.6) is 5.75 Å². The number of nitrogens with one attached hydrogen (secondary N) is 1. The quantitative estimate of drug-likeness (QED) is 0.698. The van der Waals surface area contributed by atoms with Gasteiger partial charge < -0.3 is 19.4 Å². The van der Waals surface area contributed by atoms with E-state index in [4.69, 9.17) is 9.47 Å². The summed E-state index contributed by atoms with van der Waals surface area (Å²) in [6.07, 6.45) is 1.69. The van der Waals surface area contributed by atoms with Crippen LogP contribution in [0.2, 0.25) is 0 Å². The molecule has 0 aliphatic carbocycles. The maximum Gasteiger partial charge on any atom is 0.262 e. The summed E-state index contributed by atoms with van der Waals surface area (Å²) in [6.45, 7) is 2.66. The molecule has 0 atom stereocenters. The molecule has 0 spiro atoms. The molecule has 1 N–H and O–H groups in total. The molecular weight excluding hydrogens is 344 g/mol. The third-order valence-electron chi connectivity index (χ3n) is 4.34. The Bertz CT molecular complexity index is 1010. The zero-order valence-electron chi connectivity index (χ0n) is 15.4. The Labute approximate surface area is 157 Å². The number of methoxy groups -OCH3 is 1. The second-order valence-corrected chi connectivity index (χ2v) is 6.14. The van der Waals surface area contributed by atoms with Gasteiger partial charge in [-0.05, 0) is 18.4 Å². The van der Waals surface area contributed by atoms with Crippen LogP contribution in [0.4, 0.5) is 5.69 Å². The monoisotopic (exact) mass is 366 g/mol. The molecule has 0 fully saturated rings. The number of ether oxygens (including phenoxy) is 2. The second kappa shape index (κ2) is 8.51. The largest absolute Gasteiger partial charge is 0.478 e. The Hall–Kier alpha value is -3.12. The first-order valence-electron chi connectivity index (χ1n) is 8.69. The van der Waals surface area contributed by atoms with Crippen LogP contribution in [0.1, 0.15) is 5.69 Å². The summed E-state index contributed by atoms with van der Waals surface area (Å²) >= 11 is 0. The fourth-order valence-corrected chi connectivity index (χ4v) is 2.92. The average Bonchev–Trinajstić information content (AvgIpc) is 2.67. The number of anilines is 1. The van der Waals surface area contributed by atoms with Crippen molar-refractivity contribution in [2.24, 2.45) is 0 Å². The van der Waals surface area contributed by atoms with Gasteiger partial charge in [-0.2, -0.15) is 0 Å². The molecule has 1 aromatic heterocycles. The van der Waals surface area contributed by atoms with Crippen molar-refractivity contribution in [1.29, 1.82) is 0 Å². The molecular formula is C21H22N2O4. The van der Waals surface area contributed by atoms with Crippen molar-refractivity contribution in [3.05, 3.63) is 70.6 Å². The van der Waals surface area contributed by atoms with Crippen LogP contribution in [0, 0.1) is 6.92 Å². The van der Waals surface area contributed by atoms with Crippen molar-refractivity contribution in [1.82, 2.24) is 4.57 Å². The van der Waals surface area contributed by atoms with Crippen molar-refractivity contribution in [2.75, 3.05) is 25.6 Å². The Morgan fingerprint density at radius 1 is 1.11 bits per heavy atom. The molecule has 1 amide bonds. The molecule has 1 heterocycles.